The van der Waals surface area contributed by atoms with Crippen molar-refractivity contribution < 1.29 is 4.74 Å². The zero-order valence-corrected chi connectivity index (χ0v) is 12.5. The Kier molecular flexibility index (Phi) is 4.99. The number of nitrogens with one attached hydrogen (secondary N) is 1. The van der Waals surface area contributed by atoms with E-state index in [-0.39, 0.29) is 5.60 Å². The molecule has 1 saturated heterocycles. The van der Waals surface area contributed by atoms with Crippen LogP contribution in [0.3, 0.4) is 0 Å². The summed E-state index contributed by atoms with van der Waals surface area (Å²) in [5.41, 5.74) is 0.369. The Hall–Kier alpha value is -0.120. The lowest BCUT2D eigenvalue weighted by atomic mass is 9.90. The Morgan fingerprint density at radius 1 is 1.35 bits per heavy atom. The van der Waals surface area contributed by atoms with E-state index in [4.69, 9.17) is 4.74 Å². The average Bonchev–Trinajstić information content (AvgIpc) is 2.11. The van der Waals surface area contributed by atoms with Gasteiger partial charge in [-0.2, -0.15) is 0 Å². The smallest absolute Gasteiger partial charge is 0.0641 e. The predicted molar refractivity (Wildman–Crippen MR) is 73.4 cm³/mol. The molecule has 0 aliphatic carbocycles. The van der Waals surface area contributed by atoms with Crippen molar-refractivity contribution in [2.45, 2.75) is 52.2 Å². The SMILES string of the molecule is CN(C)CC(C)(C)CNC1CCOC(C)(C)C1. The monoisotopic (exact) mass is 242 g/mol. The molecule has 1 atom stereocenters. The summed E-state index contributed by atoms with van der Waals surface area (Å²) in [6.45, 7) is 12.1. The number of hydrogen-bond donors (Lipinski definition) is 1. The zero-order chi connectivity index (χ0) is 13.1. The van der Waals surface area contributed by atoms with Crippen molar-refractivity contribution in [3.8, 4) is 0 Å². The summed E-state index contributed by atoms with van der Waals surface area (Å²) in [7, 11) is 4.28. The van der Waals surface area contributed by atoms with Crippen molar-refractivity contribution in [1.29, 1.82) is 0 Å². The van der Waals surface area contributed by atoms with Crippen molar-refractivity contribution in [1.82, 2.24) is 10.2 Å². The maximum absolute atomic E-state index is 5.74. The second kappa shape index (κ2) is 5.68. The fraction of sp³-hybridized carbons (Fsp3) is 1.00. The van der Waals surface area contributed by atoms with E-state index in [9.17, 15) is 0 Å². The quantitative estimate of drug-likeness (QED) is 0.799. The topological polar surface area (TPSA) is 24.5 Å². The van der Waals surface area contributed by atoms with Gasteiger partial charge in [-0.05, 0) is 46.2 Å². The van der Waals surface area contributed by atoms with Crippen molar-refractivity contribution in [2.75, 3.05) is 33.8 Å². The lowest BCUT2D eigenvalue weighted by molar-refractivity contribution is -0.0638. The number of nitrogens with zero attached hydrogens (tertiary/aromatic N) is 1. The summed E-state index contributed by atoms with van der Waals surface area (Å²) in [5, 5.41) is 3.72. The number of ether oxygens (including phenoxy) is 1. The van der Waals surface area contributed by atoms with Gasteiger partial charge in [-0.1, -0.05) is 13.8 Å². The highest BCUT2D eigenvalue weighted by atomic mass is 16.5. The molecule has 1 aliphatic heterocycles. The Bertz CT molecular complexity index is 236. The van der Waals surface area contributed by atoms with Gasteiger partial charge in [-0.3, -0.25) is 0 Å². The van der Waals surface area contributed by atoms with Crippen molar-refractivity contribution in [3.05, 3.63) is 0 Å². The van der Waals surface area contributed by atoms with Crippen LogP contribution in [0.15, 0.2) is 0 Å². The normalized spacial score (nSPS) is 25.2. The molecule has 3 heteroatoms. The third-order valence-corrected chi connectivity index (χ3v) is 3.31. The first-order chi connectivity index (χ1) is 7.70. The van der Waals surface area contributed by atoms with Crippen molar-refractivity contribution >= 4 is 0 Å². The van der Waals surface area contributed by atoms with Gasteiger partial charge in [0, 0.05) is 25.7 Å². The molecule has 1 heterocycles. The highest BCUT2D eigenvalue weighted by molar-refractivity contribution is 4.85. The maximum Gasteiger partial charge on any atom is 0.0641 e. The molecule has 0 aromatic rings. The average molecular weight is 242 g/mol. The molecule has 3 nitrogen and oxygen atoms in total. The molecule has 0 bridgehead atoms. The summed E-state index contributed by atoms with van der Waals surface area (Å²) < 4.78 is 5.74. The molecule has 1 fully saturated rings. The van der Waals surface area contributed by atoms with Gasteiger partial charge in [0.05, 0.1) is 5.60 Å². The number of hydrogen-bond acceptors (Lipinski definition) is 3. The van der Waals surface area contributed by atoms with E-state index in [1.807, 2.05) is 0 Å². The van der Waals surface area contributed by atoms with Gasteiger partial charge in [0.1, 0.15) is 0 Å². The predicted octanol–water partition coefficient (Wildman–Crippen LogP) is 2.12. The zero-order valence-electron chi connectivity index (χ0n) is 12.5. The van der Waals surface area contributed by atoms with Crippen LogP contribution in [-0.4, -0.2) is 50.3 Å². The molecule has 17 heavy (non-hydrogen) atoms. The minimum Gasteiger partial charge on any atom is -0.375 e. The molecule has 0 aromatic heterocycles. The Morgan fingerprint density at radius 2 is 2.00 bits per heavy atom. The van der Waals surface area contributed by atoms with E-state index >= 15 is 0 Å². The highest BCUT2D eigenvalue weighted by Gasteiger charge is 2.29. The van der Waals surface area contributed by atoms with Gasteiger partial charge in [-0.25, -0.2) is 0 Å². The van der Waals surface area contributed by atoms with Crippen LogP contribution in [-0.2, 0) is 4.74 Å². The standard InChI is InChI=1S/C14H30N2O/c1-13(2,11-16(5)6)10-15-12-7-8-17-14(3,4)9-12/h12,15H,7-11H2,1-6H3. The Balaban J connectivity index is 2.35. The minimum absolute atomic E-state index is 0.0433. The van der Waals surface area contributed by atoms with Crippen LogP contribution >= 0.6 is 0 Å². The van der Waals surface area contributed by atoms with Crippen LogP contribution in [0.2, 0.25) is 0 Å². The van der Waals surface area contributed by atoms with Gasteiger partial charge in [-0.15, -0.1) is 0 Å². The number of rotatable bonds is 5. The third kappa shape index (κ3) is 5.84. The molecule has 102 valence electrons. The summed E-state index contributed by atoms with van der Waals surface area (Å²) in [6.07, 6.45) is 2.26. The second-order valence-electron chi connectivity index (χ2n) is 7.08. The first-order valence-corrected chi connectivity index (χ1v) is 6.72. The van der Waals surface area contributed by atoms with E-state index in [1.54, 1.807) is 0 Å². The molecular formula is C14H30N2O. The van der Waals surface area contributed by atoms with Gasteiger partial charge in [0.15, 0.2) is 0 Å². The molecule has 1 unspecified atom stereocenters. The first kappa shape index (κ1) is 14.9. The second-order valence-corrected chi connectivity index (χ2v) is 7.08. The van der Waals surface area contributed by atoms with E-state index in [2.05, 4.69) is 52.0 Å². The molecule has 1 rings (SSSR count). The molecular weight excluding hydrogens is 212 g/mol. The van der Waals surface area contributed by atoms with Gasteiger partial charge in [0.2, 0.25) is 0 Å². The molecule has 0 spiro atoms. The van der Waals surface area contributed by atoms with Crippen LogP contribution in [0.4, 0.5) is 0 Å². The van der Waals surface area contributed by atoms with Crippen LogP contribution in [0.5, 0.6) is 0 Å². The summed E-state index contributed by atoms with van der Waals surface area (Å²) in [5.74, 6) is 0. The molecule has 1 aliphatic rings. The molecule has 0 radical (unpaired) electrons. The van der Waals surface area contributed by atoms with Gasteiger partial charge in [0.25, 0.3) is 0 Å². The Labute approximate surface area is 107 Å². The van der Waals surface area contributed by atoms with Crippen LogP contribution < -0.4 is 5.32 Å². The third-order valence-electron chi connectivity index (χ3n) is 3.31. The molecule has 0 amide bonds. The van der Waals surface area contributed by atoms with Crippen LogP contribution in [0.25, 0.3) is 0 Å². The van der Waals surface area contributed by atoms with Crippen molar-refractivity contribution in [2.24, 2.45) is 5.41 Å². The summed E-state index contributed by atoms with van der Waals surface area (Å²) in [6, 6.07) is 0.611. The summed E-state index contributed by atoms with van der Waals surface area (Å²) >= 11 is 0. The fourth-order valence-electron chi connectivity index (χ4n) is 2.74. The van der Waals surface area contributed by atoms with Gasteiger partial charge >= 0.3 is 0 Å². The Morgan fingerprint density at radius 3 is 2.53 bits per heavy atom. The van der Waals surface area contributed by atoms with E-state index in [0.29, 0.717) is 11.5 Å². The van der Waals surface area contributed by atoms with Gasteiger partial charge < -0.3 is 15.0 Å². The molecule has 1 N–H and O–H groups in total. The van der Waals surface area contributed by atoms with E-state index in [1.165, 1.54) is 0 Å². The van der Waals surface area contributed by atoms with E-state index < -0.39 is 0 Å². The molecule has 0 aromatic carbocycles. The van der Waals surface area contributed by atoms with E-state index in [0.717, 1.165) is 32.5 Å². The largest absolute Gasteiger partial charge is 0.375 e. The fourth-order valence-corrected chi connectivity index (χ4v) is 2.74. The van der Waals surface area contributed by atoms with Crippen LogP contribution in [0, 0.1) is 5.41 Å². The van der Waals surface area contributed by atoms with Crippen LogP contribution in [0.1, 0.15) is 40.5 Å². The first-order valence-electron chi connectivity index (χ1n) is 6.72. The summed E-state index contributed by atoms with van der Waals surface area (Å²) in [4.78, 5) is 2.26. The molecule has 0 saturated carbocycles. The van der Waals surface area contributed by atoms with Crippen molar-refractivity contribution in [3.63, 3.8) is 0 Å². The highest BCUT2D eigenvalue weighted by Crippen LogP contribution is 2.24. The lowest BCUT2D eigenvalue weighted by Gasteiger charge is -2.38. The maximum atomic E-state index is 5.74. The minimum atomic E-state index is 0.0433. The lowest BCUT2D eigenvalue weighted by Crippen LogP contribution is -2.47.